The quantitative estimate of drug-likeness (QED) is 0.787. The summed E-state index contributed by atoms with van der Waals surface area (Å²) in [6.07, 6.45) is -4.02. The number of ether oxygens (including phenoxy) is 1. The molecule has 0 aliphatic heterocycles. The number of aromatic nitrogens is 2. The molecule has 0 saturated carbocycles. The van der Waals surface area contributed by atoms with Gasteiger partial charge in [-0.2, -0.15) is 13.2 Å². The van der Waals surface area contributed by atoms with Crippen LogP contribution in [-0.2, 0) is 17.7 Å². The van der Waals surface area contributed by atoms with Crippen molar-refractivity contribution in [2.24, 2.45) is 0 Å². The van der Waals surface area contributed by atoms with Crippen molar-refractivity contribution in [3.05, 3.63) is 22.8 Å². The van der Waals surface area contributed by atoms with Gasteiger partial charge in [0.25, 0.3) is 0 Å². The lowest BCUT2D eigenvalue weighted by Crippen LogP contribution is -2.24. The average Bonchev–Trinajstić information content (AvgIpc) is 2.32. The first-order valence-electron chi connectivity index (χ1n) is 6.90. The molecule has 0 amide bonds. The van der Waals surface area contributed by atoms with Crippen molar-refractivity contribution < 1.29 is 17.9 Å². The van der Waals surface area contributed by atoms with Crippen molar-refractivity contribution in [3.8, 4) is 0 Å². The molecule has 0 bridgehead atoms. The van der Waals surface area contributed by atoms with Gasteiger partial charge in [-0.05, 0) is 13.8 Å². The summed E-state index contributed by atoms with van der Waals surface area (Å²) in [4.78, 5) is 8.67. The number of alkyl halides is 3. The van der Waals surface area contributed by atoms with E-state index in [0.29, 0.717) is 18.4 Å². The van der Waals surface area contributed by atoms with Gasteiger partial charge in [-0.3, -0.25) is 0 Å². The molecule has 0 spiro atoms. The zero-order chi connectivity index (χ0) is 16.0. The molecule has 0 radical (unpaired) electrons. The van der Waals surface area contributed by atoms with Crippen LogP contribution in [0.4, 0.5) is 13.2 Å². The van der Waals surface area contributed by atoms with E-state index in [9.17, 15) is 13.2 Å². The van der Waals surface area contributed by atoms with Gasteiger partial charge in [0, 0.05) is 36.0 Å². The zero-order valence-electron chi connectivity index (χ0n) is 12.8. The van der Waals surface area contributed by atoms with E-state index in [-0.39, 0.29) is 13.0 Å². The summed E-state index contributed by atoms with van der Waals surface area (Å²) >= 11 is 0. The van der Waals surface area contributed by atoms with Crippen molar-refractivity contribution in [2.75, 3.05) is 13.2 Å². The van der Waals surface area contributed by atoms with E-state index in [0.717, 1.165) is 17.0 Å². The highest BCUT2D eigenvalue weighted by Crippen LogP contribution is 2.15. The first kappa shape index (κ1) is 17.8. The number of nitrogens with zero attached hydrogens (tertiary/aromatic N) is 2. The Kier molecular flexibility index (Phi) is 6.54. The summed E-state index contributed by atoms with van der Waals surface area (Å²) in [5, 5.41) is 3.30. The molecule has 4 nitrogen and oxygen atoms in total. The van der Waals surface area contributed by atoms with E-state index in [4.69, 9.17) is 0 Å². The second-order valence-corrected chi connectivity index (χ2v) is 5.24. The average molecular weight is 305 g/mol. The minimum Gasteiger partial charge on any atom is -0.372 e. The predicted octanol–water partition coefficient (Wildman–Crippen LogP) is 2.71. The van der Waals surface area contributed by atoms with Crippen molar-refractivity contribution >= 4 is 0 Å². The molecule has 120 valence electrons. The fourth-order valence-corrected chi connectivity index (χ4v) is 1.83. The Hall–Kier alpha value is -1.21. The van der Waals surface area contributed by atoms with Crippen LogP contribution in [0, 0.1) is 13.8 Å². The molecular formula is C14H22F3N3O. The van der Waals surface area contributed by atoms with Crippen LogP contribution in [0.15, 0.2) is 0 Å². The van der Waals surface area contributed by atoms with Crippen LogP contribution in [-0.4, -0.2) is 35.4 Å². The van der Waals surface area contributed by atoms with Crippen molar-refractivity contribution in [1.82, 2.24) is 15.3 Å². The molecule has 1 heterocycles. The standard InChI is InChI=1S/C14H22F3N3O/c1-9(2)18-7-12-10(3)19-13(20-11(12)4)5-6-21-8-14(15,16)17/h9,18H,5-8H2,1-4H3. The number of rotatable bonds is 7. The SMILES string of the molecule is Cc1nc(CCOCC(F)(F)F)nc(C)c1CNC(C)C. The largest absolute Gasteiger partial charge is 0.411 e. The molecule has 1 rings (SSSR count). The maximum Gasteiger partial charge on any atom is 0.411 e. The molecule has 21 heavy (non-hydrogen) atoms. The molecule has 0 aliphatic carbocycles. The number of hydrogen-bond donors (Lipinski definition) is 1. The molecule has 7 heteroatoms. The maximum atomic E-state index is 11.9. The smallest absolute Gasteiger partial charge is 0.372 e. The molecule has 0 atom stereocenters. The molecule has 0 aliphatic rings. The summed E-state index contributed by atoms with van der Waals surface area (Å²) in [5.41, 5.74) is 2.73. The van der Waals surface area contributed by atoms with Gasteiger partial charge in [-0.15, -0.1) is 0 Å². The highest BCUT2D eigenvalue weighted by atomic mass is 19.4. The summed E-state index contributed by atoms with van der Waals surface area (Å²) in [7, 11) is 0. The summed E-state index contributed by atoms with van der Waals surface area (Å²) < 4.78 is 40.4. The van der Waals surface area contributed by atoms with Crippen LogP contribution in [0.25, 0.3) is 0 Å². The molecule has 1 N–H and O–H groups in total. The van der Waals surface area contributed by atoms with Crippen molar-refractivity contribution in [2.45, 2.75) is 52.9 Å². The van der Waals surface area contributed by atoms with Gasteiger partial charge in [0.05, 0.1) is 6.61 Å². The summed E-state index contributed by atoms with van der Waals surface area (Å²) in [5.74, 6) is 0.514. The predicted molar refractivity (Wildman–Crippen MR) is 74.1 cm³/mol. The van der Waals surface area contributed by atoms with Gasteiger partial charge in [0.15, 0.2) is 0 Å². The van der Waals surface area contributed by atoms with E-state index >= 15 is 0 Å². The van der Waals surface area contributed by atoms with Crippen LogP contribution >= 0.6 is 0 Å². The maximum absolute atomic E-state index is 11.9. The summed E-state index contributed by atoms with van der Waals surface area (Å²) in [6.45, 7) is 7.28. The van der Waals surface area contributed by atoms with Crippen LogP contribution < -0.4 is 5.32 Å². The molecule has 0 fully saturated rings. The normalized spacial score (nSPS) is 12.2. The van der Waals surface area contributed by atoms with Crippen LogP contribution in [0.3, 0.4) is 0 Å². The van der Waals surface area contributed by atoms with Gasteiger partial charge in [-0.1, -0.05) is 13.8 Å². The summed E-state index contributed by atoms with van der Waals surface area (Å²) in [6, 6.07) is 0.360. The Morgan fingerprint density at radius 1 is 1.14 bits per heavy atom. The lowest BCUT2D eigenvalue weighted by atomic mass is 10.1. The van der Waals surface area contributed by atoms with Gasteiger partial charge < -0.3 is 10.1 Å². The van der Waals surface area contributed by atoms with E-state index in [1.165, 1.54) is 0 Å². The Morgan fingerprint density at radius 3 is 2.19 bits per heavy atom. The Balaban J connectivity index is 2.58. The van der Waals surface area contributed by atoms with E-state index in [2.05, 4.69) is 33.9 Å². The van der Waals surface area contributed by atoms with Gasteiger partial charge in [0.1, 0.15) is 12.4 Å². The minimum absolute atomic E-state index is 0.0397. The van der Waals surface area contributed by atoms with Crippen LogP contribution in [0.1, 0.15) is 36.6 Å². The second-order valence-electron chi connectivity index (χ2n) is 5.24. The van der Waals surface area contributed by atoms with Crippen LogP contribution in [0.2, 0.25) is 0 Å². The third-order valence-electron chi connectivity index (χ3n) is 2.89. The number of hydrogen-bond acceptors (Lipinski definition) is 4. The zero-order valence-corrected chi connectivity index (χ0v) is 12.8. The van der Waals surface area contributed by atoms with E-state index < -0.39 is 12.8 Å². The molecule has 0 saturated heterocycles. The Labute approximate surface area is 123 Å². The monoisotopic (exact) mass is 305 g/mol. The van der Waals surface area contributed by atoms with E-state index in [1.54, 1.807) is 0 Å². The Morgan fingerprint density at radius 2 is 1.71 bits per heavy atom. The first-order valence-corrected chi connectivity index (χ1v) is 6.90. The lowest BCUT2D eigenvalue weighted by molar-refractivity contribution is -0.173. The third-order valence-corrected chi connectivity index (χ3v) is 2.89. The molecule has 0 aromatic carbocycles. The van der Waals surface area contributed by atoms with Crippen molar-refractivity contribution in [3.63, 3.8) is 0 Å². The molecule has 0 unspecified atom stereocenters. The van der Waals surface area contributed by atoms with Gasteiger partial charge in [0.2, 0.25) is 0 Å². The fraction of sp³-hybridized carbons (Fsp3) is 0.714. The minimum atomic E-state index is -4.29. The van der Waals surface area contributed by atoms with Crippen LogP contribution in [0.5, 0.6) is 0 Å². The molecule has 1 aromatic rings. The van der Waals surface area contributed by atoms with Gasteiger partial charge >= 0.3 is 6.18 Å². The highest BCUT2D eigenvalue weighted by Gasteiger charge is 2.27. The molecule has 1 aromatic heterocycles. The fourth-order valence-electron chi connectivity index (χ4n) is 1.83. The van der Waals surface area contributed by atoms with Gasteiger partial charge in [-0.25, -0.2) is 9.97 Å². The topological polar surface area (TPSA) is 47.0 Å². The highest BCUT2D eigenvalue weighted by molar-refractivity contribution is 5.24. The van der Waals surface area contributed by atoms with E-state index in [1.807, 2.05) is 13.8 Å². The Bertz CT molecular complexity index is 438. The lowest BCUT2D eigenvalue weighted by Gasteiger charge is -2.13. The first-order chi connectivity index (χ1) is 9.69. The number of halogens is 3. The molecular weight excluding hydrogens is 283 g/mol. The number of nitrogens with one attached hydrogen (secondary N) is 1. The number of aryl methyl sites for hydroxylation is 2. The third kappa shape index (κ3) is 6.86. The van der Waals surface area contributed by atoms with Crippen molar-refractivity contribution in [1.29, 1.82) is 0 Å². The second kappa shape index (κ2) is 7.70.